The van der Waals surface area contributed by atoms with E-state index in [4.69, 9.17) is 9.26 Å². The summed E-state index contributed by atoms with van der Waals surface area (Å²) in [7, 11) is 0. The van der Waals surface area contributed by atoms with E-state index in [0.717, 1.165) is 48.6 Å². The average Bonchev–Trinajstić information content (AvgIpc) is 3.43. The number of rotatable bonds is 7. The normalized spacial score (nSPS) is 17.3. The summed E-state index contributed by atoms with van der Waals surface area (Å²) in [6.45, 7) is 10.7. The summed E-state index contributed by atoms with van der Waals surface area (Å²) in [4.78, 5) is 14.7. The van der Waals surface area contributed by atoms with Gasteiger partial charge >= 0.3 is 5.97 Å². The van der Waals surface area contributed by atoms with Crippen molar-refractivity contribution in [3.63, 3.8) is 0 Å². The Hall–Kier alpha value is -2.60. The van der Waals surface area contributed by atoms with Gasteiger partial charge in [-0.3, -0.25) is 9.69 Å². The Kier molecular flexibility index (Phi) is 5.95. The highest BCUT2D eigenvalue weighted by molar-refractivity contribution is 5.87. The van der Waals surface area contributed by atoms with Gasteiger partial charge in [0.2, 0.25) is 0 Å². The predicted octanol–water partition coefficient (Wildman–Crippen LogP) is 4.96. The molecule has 2 aromatic heterocycles. The van der Waals surface area contributed by atoms with Gasteiger partial charge in [0.25, 0.3) is 0 Å². The molecular weight excluding hydrogens is 378 g/mol. The van der Waals surface area contributed by atoms with Crippen LogP contribution in [0.5, 0.6) is 0 Å². The van der Waals surface area contributed by atoms with Crippen molar-refractivity contribution in [1.82, 2.24) is 14.6 Å². The summed E-state index contributed by atoms with van der Waals surface area (Å²) < 4.78 is 13.0. The number of likely N-dealkylation sites (tertiary alicyclic amines) is 1. The summed E-state index contributed by atoms with van der Waals surface area (Å²) in [5.74, 6) is 1.12. The fourth-order valence-electron chi connectivity index (χ4n) is 4.52. The second kappa shape index (κ2) is 8.64. The Balaban J connectivity index is 1.64. The molecule has 1 saturated heterocycles. The molecule has 30 heavy (non-hydrogen) atoms. The van der Waals surface area contributed by atoms with Crippen molar-refractivity contribution in [3.05, 3.63) is 53.0 Å². The van der Waals surface area contributed by atoms with E-state index in [-0.39, 0.29) is 18.6 Å². The first kappa shape index (κ1) is 20.7. The number of fused-ring (bicyclic) bond motifs is 1. The van der Waals surface area contributed by atoms with E-state index >= 15 is 0 Å². The summed E-state index contributed by atoms with van der Waals surface area (Å²) in [5.41, 5.74) is 4.48. The molecule has 6 nitrogen and oxygen atoms in total. The van der Waals surface area contributed by atoms with Crippen molar-refractivity contribution in [2.75, 3.05) is 13.2 Å². The van der Waals surface area contributed by atoms with E-state index in [1.807, 2.05) is 13.0 Å². The van der Waals surface area contributed by atoms with Gasteiger partial charge in [-0.15, -0.1) is 0 Å². The van der Waals surface area contributed by atoms with Crippen LogP contribution in [0.4, 0.5) is 0 Å². The molecule has 0 bridgehead atoms. The van der Waals surface area contributed by atoms with Gasteiger partial charge in [0.1, 0.15) is 6.54 Å². The van der Waals surface area contributed by atoms with Crippen LogP contribution in [-0.2, 0) is 22.6 Å². The molecule has 1 aliphatic rings. The molecule has 0 N–H and O–H groups in total. The van der Waals surface area contributed by atoms with Gasteiger partial charge in [-0.25, -0.2) is 0 Å². The molecule has 0 aliphatic carbocycles. The summed E-state index contributed by atoms with van der Waals surface area (Å²) >= 11 is 0. The average molecular weight is 410 g/mol. The Morgan fingerprint density at radius 1 is 1.33 bits per heavy atom. The number of hydrogen-bond acceptors (Lipinski definition) is 5. The molecule has 1 aromatic carbocycles. The van der Waals surface area contributed by atoms with E-state index < -0.39 is 0 Å². The Bertz CT molecular complexity index is 1030. The SMILES string of the molecule is CCOC(=O)Cn1c(C)c(CN2CCC[C@H]2c2cc(C(C)C)no2)c2ccccc21. The summed E-state index contributed by atoms with van der Waals surface area (Å²) in [6.07, 6.45) is 2.22. The molecule has 0 unspecified atom stereocenters. The molecule has 0 saturated carbocycles. The van der Waals surface area contributed by atoms with Gasteiger partial charge in [0, 0.05) is 29.2 Å². The molecule has 1 aliphatic heterocycles. The van der Waals surface area contributed by atoms with Crippen molar-refractivity contribution in [2.45, 2.75) is 65.6 Å². The van der Waals surface area contributed by atoms with Crippen LogP contribution < -0.4 is 0 Å². The maximum absolute atomic E-state index is 12.2. The van der Waals surface area contributed by atoms with Crippen molar-refractivity contribution < 1.29 is 14.1 Å². The van der Waals surface area contributed by atoms with Crippen LogP contribution in [0.1, 0.15) is 68.3 Å². The van der Waals surface area contributed by atoms with Crippen molar-refractivity contribution in [2.24, 2.45) is 0 Å². The molecule has 0 radical (unpaired) electrons. The number of para-hydroxylation sites is 1. The second-order valence-corrected chi connectivity index (χ2v) is 8.41. The van der Waals surface area contributed by atoms with Crippen LogP contribution in [0.2, 0.25) is 0 Å². The van der Waals surface area contributed by atoms with Crippen LogP contribution in [0.15, 0.2) is 34.9 Å². The number of benzene rings is 1. The number of esters is 1. The summed E-state index contributed by atoms with van der Waals surface area (Å²) in [6, 6.07) is 10.7. The third-order valence-corrected chi connectivity index (χ3v) is 6.15. The number of ether oxygens (including phenoxy) is 1. The molecule has 6 heteroatoms. The van der Waals surface area contributed by atoms with Crippen molar-refractivity contribution in [1.29, 1.82) is 0 Å². The van der Waals surface area contributed by atoms with Gasteiger partial charge in [0.15, 0.2) is 5.76 Å². The third kappa shape index (κ3) is 3.88. The Morgan fingerprint density at radius 2 is 2.13 bits per heavy atom. The summed E-state index contributed by atoms with van der Waals surface area (Å²) in [5, 5.41) is 5.47. The number of carbonyl (C=O) groups is 1. The van der Waals surface area contributed by atoms with Crippen molar-refractivity contribution >= 4 is 16.9 Å². The zero-order valence-electron chi connectivity index (χ0n) is 18.4. The molecule has 1 atom stereocenters. The first-order chi connectivity index (χ1) is 14.5. The van der Waals surface area contributed by atoms with Gasteiger partial charge in [-0.2, -0.15) is 0 Å². The van der Waals surface area contributed by atoms with E-state index in [9.17, 15) is 4.79 Å². The van der Waals surface area contributed by atoms with Crippen LogP contribution in [0, 0.1) is 6.92 Å². The topological polar surface area (TPSA) is 60.5 Å². The lowest BCUT2D eigenvalue weighted by atomic mass is 10.1. The minimum absolute atomic E-state index is 0.199. The van der Waals surface area contributed by atoms with Crippen LogP contribution in [0.25, 0.3) is 10.9 Å². The molecule has 1 fully saturated rings. The number of nitrogens with zero attached hydrogens (tertiary/aromatic N) is 3. The lowest BCUT2D eigenvalue weighted by Crippen LogP contribution is -2.23. The minimum Gasteiger partial charge on any atom is -0.465 e. The quantitative estimate of drug-likeness (QED) is 0.516. The predicted molar refractivity (Wildman–Crippen MR) is 116 cm³/mol. The Labute approximate surface area is 177 Å². The Morgan fingerprint density at radius 3 is 2.87 bits per heavy atom. The van der Waals surface area contributed by atoms with E-state index in [2.05, 4.69) is 59.7 Å². The molecule has 4 rings (SSSR count). The standard InChI is InChI=1S/C24H31N3O3/c1-5-29-24(28)15-27-17(4)19(18-9-6-7-10-21(18)27)14-26-12-8-11-22(26)23-13-20(16(2)3)25-30-23/h6-7,9-10,13,16,22H,5,8,11-12,14-15H2,1-4H3/t22-/m0/s1. The highest BCUT2D eigenvalue weighted by Gasteiger charge is 2.31. The smallest absolute Gasteiger partial charge is 0.325 e. The maximum atomic E-state index is 12.2. The van der Waals surface area contributed by atoms with Gasteiger partial charge in [0.05, 0.1) is 18.3 Å². The maximum Gasteiger partial charge on any atom is 0.325 e. The lowest BCUT2D eigenvalue weighted by molar-refractivity contribution is -0.143. The second-order valence-electron chi connectivity index (χ2n) is 8.41. The molecule has 0 spiro atoms. The third-order valence-electron chi connectivity index (χ3n) is 6.15. The van der Waals surface area contributed by atoms with Gasteiger partial charge in [-0.05, 0) is 50.8 Å². The highest BCUT2D eigenvalue weighted by Crippen LogP contribution is 2.36. The fourth-order valence-corrected chi connectivity index (χ4v) is 4.52. The van der Waals surface area contributed by atoms with Crippen LogP contribution in [-0.4, -0.2) is 33.7 Å². The molecule has 3 aromatic rings. The minimum atomic E-state index is -0.199. The lowest BCUT2D eigenvalue weighted by Gasteiger charge is -2.22. The van der Waals surface area contributed by atoms with E-state index in [1.165, 1.54) is 10.9 Å². The molecular formula is C24H31N3O3. The highest BCUT2D eigenvalue weighted by atomic mass is 16.5. The number of carbonyl (C=O) groups excluding carboxylic acids is 1. The van der Waals surface area contributed by atoms with Crippen LogP contribution in [0.3, 0.4) is 0 Å². The van der Waals surface area contributed by atoms with Gasteiger partial charge < -0.3 is 13.8 Å². The number of aromatic nitrogens is 2. The van der Waals surface area contributed by atoms with E-state index in [0.29, 0.717) is 12.5 Å². The monoisotopic (exact) mass is 409 g/mol. The van der Waals surface area contributed by atoms with Crippen molar-refractivity contribution in [3.8, 4) is 0 Å². The first-order valence-electron chi connectivity index (χ1n) is 10.9. The van der Waals surface area contributed by atoms with E-state index in [1.54, 1.807) is 0 Å². The number of hydrogen-bond donors (Lipinski definition) is 0. The zero-order chi connectivity index (χ0) is 21.3. The van der Waals surface area contributed by atoms with Crippen LogP contribution >= 0.6 is 0 Å². The fraction of sp³-hybridized carbons (Fsp3) is 0.500. The molecule has 0 amide bonds. The first-order valence-corrected chi connectivity index (χ1v) is 10.9. The largest absolute Gasteiger partial charge is 0.465 e. The molecule has 3 heterocycles. The van der Waals surface area contributed by atoms with Gasteiger partial charge in [-0.1, -0.05) is 37.2 Å². The molecule has 160 valence electrons. The zero-order valence-corrected chi connectivity index (χ0v) is 18.4.